The zero-order chi connectivity index (χ0) is 16.5. The average Bonchev–Trinajstić information content (AvgIpc) is 2.50. The summed E-state index contributed by atoms with van der Waals surface area (Å²) < 4.78 is 4.87. The number of carbonyl (C=O) groups excluding carboxylic acids is 3. The van der Waals surface area contributed by atoms with Gasteiger partial charge in [-0.2, -0.15) is 0 Å². The Kier molecular flexibility index (Phi) is 7.38. The first-order valence-corrected chi connectivity index (χ1v) is 7.90. The Bertz CT molecular complexity index is 549. The molecule has 3 amide bonds. The van der Waals surface area contributed by atoms with Crippen LogP contribution in [-0.2, 0) is 9.53 Å². The predicted octanol–water partition coefficient (Wildman–Crippen LogP) is 1.44. The normalized spacial score (nSPS) is 10.2. The molecule has 1 aromatic heterocycles. The highest BCUT2D eigenvalue weighted by Crippen LogP contribution is 2.17. The number of imide groups is 1. The zero-order valence-electron chi connectivity index (χ0n) is 12.7. The molecule has 2 N–H and O–H groups in total. The number of ether oxygens (including phenoxy) is 1. The predicted molar refractivity (Wildman–Crippen MR) is 82.7 cm³/mol. The number of hydrogen-bond donors (Lipinski definition) is 2. The van der Waals surface area contributed by atoms with Crippen molar-refractivity contribution in [2.75, 3.05) is 19.4 Å². The van der Waals surface area contributed by atoms with Gasteiger partial charge in [0, 0.05) is 12.7 Å². The molecule has 0 aliphatic rings. The summed E-state index contributed by atoms with van der Waals surface area (Å²) in [6, 6.07) is 2.56. The molecule has 0 saturated carbocycles. The third-order valence-electron chi connectivity index (χ3n) is 2.44. The van der Waals surface area contributed by atoms with Gasteiger partial charge in [0.25, 0.3) is 5.91 Å². The van der Waals surface area contributed by atoms with Gasteiger partial charge in [-0.05, 0) is 24.3 Å². The summed E-state index contributed by atoms with van der Waals surface area (Å²) in [5, 5.41) is 5.13. The molecule has 8 heteroatoms. The van der Waals surface area contributed by atoms with E-state index in [0.29, 0.717) is 11.6 Å². The van der Waals surface area contributed by atoms with E-state index in [2.05, 4.69) is 15.6 Å². The minimum absolute atomic E-state index is 0.272. The molecule has 0 atom stereocenters. The van der Waals surface area contributed by atoms with Crippen molar-refractivity contribution < 1.29 is 19.1 Å². The second-order valence-electron chi connectivity index (χ2n) is 4.79. The second kappa shape index (κ2) is 9.04. The molecule has 1 aromatic rings. The lowest BCUT2D eigenvalue weighted by molar-refractivity contribution is -0.123. The van der Waals surface area contributed by atoms with Crippen molar-refractivity contribution in [1.82, 2.24) is 15.6 Å². The highest BCUT2D eigenvalue weighted by molar-refractivity contribution is 7.98. The molecule has 22 heavy (non-hydrogen) atoms. The van der Waals surface area contributed by atoms with Gasteiger partial charge in [0.05, 0.1) is 5.56 Å². The van der Waals surface area contributed by atoms with Gasteiger partial charge in [-0.15, -0.1) is 11.8 Å². The van der Waals surface area contributed by atoms with Gasteiger partial charge in [-0.3, -0.25) is 10.1 Å². The van der Waals surface area contributed by atoms with Crippen LogP contribution in [-0.4, -0.2) is 42.3 Å². The molecule has 0 fully saturated rings. The standard InChI is InChI=1S/C14H19N3O4S/c1-9(2)7-16-14(20)17-11(18)8-21-13(19)10-5-4-6-15-12(10)22-3/h4-6,9H,7-8H2,1-3H3,(H2,16,17,18,20). The van der Waals surface area contributed by atoms with E-state index in [4.69, 9.17) is 4.74 Å². The first-order valence-electron chi connectivity index (χ1n) is 6.67. The van der Waals surface area contributed by atoms with Crippen molar-refractivity contribution in [3.63, 3.8) is 0 Å². The van der Waals surface area contributed by atoms with Crippen LogP contribution in [0.3, 0.4) is 0 Å². The molecule has 0 aromatic carbocycles. The lowest BCUT2D eigenvalue weighted by Crippen LogP contribution is -2.42. The number of aromatic nitrogens is 1. The van der Waals surface area contributed by atoms with Crippen molar-refractivity contribution in [3.8, 4) is 0 Å². The van der Waals surface area contributed by atoms with Crippen molar-refractivity contribution in [1.29, 1.82) is 0 Å². The minimum Gasteiger partial charge on any atom is -0.452 e. The molecule has 0 aliphatic carbocycles. The Morgan fingerprint density at radius 2 is 2.09 bits per heavy atom. The van der Waals surface area contributed by atoms with Gasteiger partial charge in [-0.25, -0.2) is 14.6 Å². The van der Waals surface area contributed by atoms with E-state index >= 15 is 0 Å². The number of urea groups is 1. The average molecular weight is 325 g/mol. The van der Waals surface area contributed by atoms with Gasteiger partial charge in [0.1, 0.15) is 5.03 Å². The molecule has 0 saturated heterocycles. The summed E-state index contributed by atoms with van der Waals surface area (Å²) in [6.07, 6.45) is 3.35. The number of thioether (sulfide) groups is 1. The maximum absolute atomic E-state index is 11.9. The number of nitrogens with zero attached hydrogens (tertiary/aromatic N) is 1. The van der Waals surface area contributed by atoms with Gasteiger partial charge < -0.3 is 10.1 Å². The molecule has 0 unspecified atom stereocenters. The van der Waals surface area contributed by atoms with Crippen molar-refractivity contribution >= 4 is 29.7 Å². The van der Waals surface area contributed by atoms with E-state index in [1.807, 2.05) is 13.8 Å². The number of pyridine rings is 1. The van der Waals surface area contributed by atoms with Crippen molar-refractivity contribution in [3.05, 3.63) is 23.9 Å². The molecular weight excluding hydrogens is 306 g/mol. The summed E-state index contributed by atoms with van der Waals surface area (Å²) in [7, 11) is 0. The fourth-order valence-electron chi connectivity index (χ4n) is 1.42. The van der Waals surface area contributed by atoms with E-state index < -0.39 is 24.5 Å². The monoisotopic (exact) mass is 325 g/mol. The Balaban J connectivity index is 2.43. The Morgan fingerprint density at radius 1 is 1.36 bits per heavy atom. The van der Waals surface area contributed by atoms with Crippen LogP contribution in [0.5, 0.6) is 0 Å². The van der Waals surface area contributed by atoms with E-state index in [-0.39, 0.29) is 11.5 Å². The molecule has 120 valence electrons. The van der Waals surface area contributed by atoms with Crippen LogP contribution in [0, 0.1) is 5.92 Å². The van der Waals surface area contributed by atoms with Gasteiger partial charge >= 0.3 is 12.0 Å². The highest BCUT2D eigenvalue weighted by Gasteiger charge is 2.15. The third-order valence-corrected chi connectivity index (χ3v) is 3.15. The highest BCUT2D eigenvalue weighted by atomic mass is 32.2. The van der Waals surface area contributed by atoms with Crippen LogP contribution in [0.2, 0.25) is 0 Å². The summed E-state index contributed by atoms with van der Waals surface area (Å²) >= 11 is 1.30. The first-order chi connectivity index (χ1) is 10.4. The molecule has 0 spiro atoms. The molecule has 1 heterocycles. The first kappa shape index (κ1) is 18.0. The third kappa shape index (κ3) is 6.13. The van der Waals surface area contributed by atoms with Crippen molar-refractivity contribution in [2.45, 2.75) is 18.9 Å². The SMILES string of the molecule is CSc1ncccc1C(=O)OCC(=O)NC(=O)NCC(C)C. The number of esters is 1. The zero-order valence-corrected chi connectivity index (χ0v) is 13.5. The van der Waals surface area contributed by atoms with Gasteiger partial charge in [0.15, 0.2) is 6.61 Å². The summed E-state index contributed by atoms with van der Waals surface area (Å²) in [6.45, 7) is 3.78. The quantitative estimate of drug-likeness (QED) is 0.607. The second-order valence-corrected chi connectivity index (χ2v) is 5.58. The topological polar surface area (TPSA) is 97.4 Å². The summed E-state index contributed by atoms with van der Waals surface area (Å²) in [5.41, 5.74) is 0.284. The van der Waals surface area contributed by atoms with Crippen LogP contribution in [0.25, 0.3) is 0 Å². The van der Waals surface area contributed by atoms with Crippen LogP contribution < -0.4 is 10.6 Å². The lowest BCUT2D eigenvalue weighted by Gasteiger charge is -2.09. The van der Waals surface area contributed by atoms with E-state index in [1.165, 1.54) is 11.8 Å². The number of amides is 3. The number of rotatable bonds is 6. The van der Waals surface area contributed by atoms with Crippen molar-refractivity contribution in [2.24, 2.45) is 5.92 Å². The smallest absolute Gasteiger partial charge is 0.341 e. The molecule has 0 aliphatic heterocycles. The minimum atomic E-state index is -0.691. The summed E-state index contributed by atoms with van der Waals surface area (Å²) in [4.78, 5) is 38.8. The largest absolute Gasteiger partial charge is 0.452 e. The Labute approximate surface area is 133 Å². The molecule has 1 rings (SSSR count). The van der Waals surface area contributed by atoms with Crippen LogP contribution in [0.1, 0.15) is 24.2 Å². The van der Waals surface area contributed by atoms with Gasteiger partial charge in [-0.1, -0.05) is 13.8 Å². The van der Waals surface area contributed by atoms with E-state index in [9.17, 15) is 14.4 Å². The van der Waals surface area contributed by atoms with Crippen LogP contribution >= 0.6 is 11.8 Å². The maximum atomic E-state index is 11.9. The van der Waals surface area contributed by atoms with Crippen LogP contribution in [0.4, 0.5) is 4.79 Å². The lowest BCUT2D eigenvalue weighted by atomic mass is 10.2. The fourth-order valence-corrected chi connectivity index (χ4v) is 1.96. The molecule has 0 radical (unpaired) electrons. The fraction of sp³-hybridized carbons (Fsp3) is 0.429. The Morgan fingerprint density at radius 3 is 2.73 bits per heavy atom. The van der Waals surface area contributed by atoms with E-state index in [1.54, 1.807) is 24.6 Å². The number of hydrogen-bond acceptors (Lipinski definition) is 6. The molecular formula is C14H19N3O4S. The van der Waals surface area contributed by atoms with Crippen LogP contribution in [0.15, 0.2) is 23.4 Å². The maximum Gasteiger partial charge on any atom is 0.341 e. The molecule has 7 nitrogen and oxygen atoms in total. The summed E-state index contributed by atoms with van der Waals surface area (Å²) in [5.74, 6) is -1.08. The van der Waals surface area contributed by atoms with Gasteiger partial charge in [0.2, 0.25) is 0 Å². The molecule has 0 bridgehead atoms. The van der Waals surface area contributed by atoms with E-state index in [0.717, 1.165) is 0 Å². The number of nitrogens with one attached hydrogen (secondary N) is 2. The Hall–Kier alpha value is -2.09. The number of carbonyl (C=O) groups is 3.